The number of benzene rings is 1. The molecule has 2 rings (SSSR count). The van der Waals surface area contributed by atoms with Crippen LogP contribution in [0, 0.1) is 0 Å². The van der Waals surface area contributed by atoms with E-state index in [-0.39, 0.29) is 15.8 Å². The van der Waals surface area contributed by atoms with E-state index in [0.717, 1.165) is 4.68 Å². The Kier molecular flexibility index (Phi) is 4.26. The number of hydrogen-bond donors (Lipinski definition) is 2. The van der Waals surface area contributed by atoms with Gasteiger partial charge in [-0.05, 0) is 23.8 Å². The number of hydrazone groups is 1. The van der Waals surface area contributed by atoms with Gasteiger partial charge in [0.1, 0.15) is 16.5 Å². The first kappa shape index (κ1) is 14.4. The summed E-state index contributed by atoms with van der Waals surface area (Å²) in [6.07, 6.45) is 2.87. The molecular formula is C12H10Cl2N4O2. The van der Waals surface area contributed by atoms with E-state index in [2.05, 4.69) is 15.6 Å². The standard InChI is InChI=1S/C12H10Cl2N4O2/c1-18-12(20)11(14)9(6-16-18)17-15-5-7-2-3-10(19)8(13)4-7/h2-6,17,19H,1H3/b15-5-. The molecule has 104 valence electrons. The summed E-state index contributed by atoms with van der Waals surface area (Å²) in [4.78, 5) is 11.5. The molecule has 2 aromatic rings. The average Bonchev–Trinajstić information content (AvgIpc) is 2.43. The van der Waals surface area contributed by atoms with Gasteiger partial charge in [-0.2, -0.15) is 10.2 Å². The van der Waals surface area contributed by atoms with Gasteiger partial charge in [0.05, 0.1) is 17.4 Å². The van der Waals surface area contributed by atoms with Crippen molar-refractivity contribution in [3.8, 4) is 5.75 Å². The molecule has 0 aliphatic rings. The van der Waals surface area contributed by atoms with E-state index >= 15 is 0 Å². The normalized spacial score (nSPS) is 10.9. The van der Waals surface area contributed by atoms with Crippen molar-refractivity contribution in [1.29, 1.82) is 0 Å². The monoisotopic (exact) mass is 312 g/mol. The second-order valence-corrected chi connectivity index (χ2v) is 4.67. The SMILES string of the molecule is Cn1ncc(N/N=C\c2ccc(O)c(Cl)c2)c(Cl)c1=O. The fraction of sp³-hybridized carbons (Fsp3) is 0.0833. The van der Waals surface area contributed by atoms with Crippen molar-refractivity contribution in [3.63, 3.8) is 0 Å². The molecule has 2 N–H and O–H groups in total. The molecule has 0 fully saturated rings. The molecule has 0 saturated heterocycles. The maximum atomic E-state index is 11.5. The van der Waals surface area contributed by atoms with Crippen molar-refractivity contribution < 1.29 is 5.11 Å². The molecular weight excluding hydrogens is 303 g/mol. The van der Waals surface area contributed by atoms with Crippen LogP contribution in [0.2, 0.25) is 10.0 Å². The Labute approximate surface area is 124 Å². The highest BCUT2D eigenvalue weighted by Gasteiger charge is 2.05. The van der Waals surface area contributed by atoms with Crippen molar-refractivity contribution in [3.05, 3.63) is 50.4 Å². The zero-order chi connectivity index (χ0) is 14.7. The summed E-state index contributed by atoms with van der Waals surface area (Å²) in [6, 6.07) is 4.64. The van der Waals surface area contributed by atoms with E-state index in [1.165, 1.54) is 25.5 Å². The summed E-state index contributed by atoms with van der Waals surface area (Å²) < 4.78 is 1.12. The Morgan fingerprint density at radius 1 is 1.45 bits per heavy atom. The van der Waals surface area contributed by atoms with E-state index < -0.39 is 5.56 Å². The van der Waals surface area contributed by atoms with Crippen molar-refractivity contribution in [2.24, 2.45) is 12.1 Å². The van der Waals surface area contributed by atoms with Gasteiger partial charge in [-0.3, -0.25) is 10.2 Å². The second kappa shape index (κ2) is 5.94. The maximum Gasteiger partial charge on any atom is 0.287 e. The Morgan fingerprint density at radius 3 is 2.90 bits per heavy atom. The minimum atomic E-state index is -0.417. The van der Waals surface area contributed by atoms with E-state index in [1.54, 1.807) is 12.1 Å². The van der Waals surface area contributed by atoms with Crippen LogP contribution in [0.5, 0.6) is 5.75 Å². The number of aromatic nitrogens is 2. The van der Waals surface area contributed by atoms with Crippen molar-refractivity contribution in [1.82, 2.24) is 9.78 Å². The molecule has 1 heterocycles. The van der Waals surface area contributed by atoms with Crippen molar-refractivity contribution in [2.45, 2.75) is 0 Å². The largest absolute Gasteiger partial charge is 0.506 e. The lowest BCUT2D eigenvalue weighted by Gasteiger charge is -2.03. The lowest BCUT2D eigenvalue weighted by Crippen LogP contribution is -2.20. The first-order valence-corrected chi connectivity index (χ1v) is 6.24. The lowest BCUT2D eigenvalue weighted by molar-refractivity contribution is 0.475. The first-order valence-electron chi connectivity index (χ1n) is 5.48. The number of phenols is 1. The smallest absolute Gasteiger partial charge is 0.287 e. The number of nitrogens with one attached hydrogen (secondary N) is 1. The number of rotatable bonds is 3. The van der Waals surface area contributed by atoms with Crippen LogP contribution < -0.4 is 11.0 Å². The third-order valence-electron chi connectivity index (χ3n) is 2.45. The zero-order valence-corrected chi connectivity index (χ0v) is 11.9. The number of phenolic OH excluding ortho intramolecular Hbond substituents is 1. The van der Waals surface area contributed by atoms with Crippen LogP contribution in [0.15, 0.2) is 34.3 Å². The van der Waals surface area contributed by atoms with Gasteiger partial charge in [0.2, 0.25) is 0 Å². The predicted octanol–water partition coefficient (Wildman–Crippen LogP) is 2.24. The number of hydrogen-bond acceptors (Lipinski definition) is 5. The quantitative estimate of drug-likeness (QED) is 0.673. The van der Waals surface area contributed by atoms with Gasteiger partial charge >= 0.3 is 0 Å². The zero-order valence-electron chi connectivity index (χ0n) is 10.3. The van der Waals surface area contributed by atoms with E-state index in [1.807, 2.05) is 0 Å². The van der Waals surface area contributed by atoms with Crippen LogP contribution in [-0.2, 0) is 7.05 Å². The molecule has 0 aliphatic carbocycles. The molecule has 0 spiro atoms. The molecule has 0 amide bonds. The number of anilines is 1. The van der Waals surface area contributed by atoms with Gasteiger partial charge in [0.15, 0.2) is 0 Å². The van der Waals surface area contributed by atoms with Crippen LogP contribution >= 0.6 is 23.2 Å². The van der Waals surface area contributed by atoms with Gasteiger partial charge in [0, 0.05) is 7.05 Å². The first-order chi connectivity index (χ1) is 9.49. The molecule has 0 unspecified atom stereocenters. The van der Waals surface area contributed by atoms with Gasteiger partial charge in [-0.1, -0.05) is 23.2 Å². The maximum absolute atomic E-state index is 11.5. The molecule has 0 radical (unpaired) electrons. The van der Waals surface area contributed by atoms with E-state index in [0.29, 0.717) is 11.3 Å². The highest BCUT2D eigenvalue weighted by Crippen LogP contribution is 2.23. The van der Waals surface area contributed by atoms with E-state index in [9.17, 15) is 9.90 Å². The van der Waals surface area contributed by atoms with Crippen molar-refractivity contribution in [2.75, 3.05) is 5.43 Å². The molecule has 1 aromatic carbocycles. The summed E-state index contributed by atoms with van der Waals surface area (Å²) in [5.41, 5.74) is 3.18. The summed E-state index contributed by atoms with van der Waals surface area (Å²) in [5, 5.41) is 17.3. The Hall–Kier alpha value is -2.05. The summed E-state index contributed by atoms with van der Waals surface area (Å²) >= 11 is 11.6. The summed E-state index contributed by atoms with van der Waals surface area (Å²) in [6.45, 7) is 0. The lowest BCUT2D eigenvalue weighted by atomic mass is 10.2. The Balaban J connectivity index is 2.16. The molecule has 0 bridgehead atoms. The van der Waals surface area contributed by atoms with Crippen molar-refractivity contribution >= 4 is 35.1 Å². The van der Waals surface area contributed by atoms with Crippen LogP contribution in [-0.4, -0.2) is 21.1 Å². The Bertz CT molecular complexity index is 728. The van der Waals surface area contributed by atoms with Gasteiger partial charge in [-0.25, -0.2) is 4.68 Å². The van der Waals surface area contributed by atoms with Crippen LogP contribution in [0.3, 0.4) is 0 Å². The fourth-order valence-electron chi connectivity index (χ4n) is 1.37. The van der Waals surface area contributed by atoms with Gasteiger partial charge in [0.25, 0.3) is 5.56 Å². The molecule has 1 aromatic heterocycles. The third kappa shape index (κ3) is 3.09. The highest BCUT2D eigenvalue weighted by atomic mass is 35.5. The Morgan fingerprint density at radius 2 is 2.20 bits per heavy atom. The fourth-order valence-corrected chi connectivity index (χ4v) is 1.77. The average molecular weight is 313 g/mol. The third-order valence-corrected chi connectivity index (χ3v) is 3.12. The molecule has 0 saturated carbocycles. The minimum absolute atomic E-state index is 0.00314. The molecule has 0 atom stereocenters. The van der Waals surface area contributed by atoms with Gasteiger partial charge < -0.3 is 5.11 Å². The van der Waals surface area contributed by atoms with Crippen LogP contribution in [0.1, 0.15) is 5.56 Å². The second-order valence-electron chi connectivity index (χ2n) is 3.88. The van der Waals surface area contributed by atoms with Crippen LogP contribution in [0.25, 0.3) is 0 Å². The number of halogens is 2. The highest BCUT2D eigenvalue weighted by molar-refractivity contribution is 6.33. The van der Waals surface area contributed by atoms with Gasteiger partial charge in [-0.15, -0.1) is 0 Å². The number of aryl methyl sites for hydroxylation is 1. The topological polar surface area (TPSA) is 79.5 Å². The summed E-state index contributed by atoms with van der Waals surface area (Å²) in [5.74, 6) is -0.00410. The summed E-state index contributed by atoms with van der Waals surface area (Å²) in [7, 11) is 1.50. The molecule has 0 aliphatic heterocycles. The predicted molar refractivity (Wildman–Crippen MR) is 78.8 cm³/mol. The van der Waals surface area contributed by atoms with E-state index in [4.69, 9.17) is 23.2 Å². The molecule has 8 heteroatoms. The minimum Gasteiger partial charge on any atom is -0.506 e. The molecule has 20 heavy (non-hydrogen) atoms. The molecule has 6 nitrogen and oxygen atoms in total. The van der Waals surface area contributed by atoms with Crippen LogP contribution in [0.4, 0.5) is 5.69 Å². The number of nitrogens with zero attached hydrogens (tertiary/aromatic N) is 3. The number of aromatic hydroxyl groups is 1.